The van der Waals surface area contributed by atoms with Gasteiger partial charge < -0.3 is 10.1 Å². The first-order valence-electron chi connectivity index (χ1n) is 4.97. The minimum atomic E-state index is -0.695. The maximum Gasteiger partial charge on any atom is 0.338 e. The van der Waals surface area contributed by atoms with E-state index in [1.54, 1.807) is 24.3 Å². The molecule has 96 valence electrons. The summed E-state index contributed by atoms with van der Waals surface area (Å²) in [6.07, 6.45) is 0. The molecule has 1 aromatic carbocycles. The Balaban J connectivity index is 2.44. The lowest BCUT2D eigenvalue weighted by Crippen LogP contribution is -2.39. The molecule has 7 heteroatoms. The van der Waals surface area contributed by atoms with Gasteiger partial charge >= 0.3 is 12.0 Å². The summed E-state index contributed by atoms with van der Waals surface area (Å²) in [6, 6.07) is 5.83. The van der Waals surface area contributed by atoms with Crippen LogP contribution in [0.4, 0.5) is 4.79 Å². The molecule has 0 radical (unpaired) electrons. The summed E-state index contributed by atoms with van der Waals surface area (Å²) >= 11 is 3.23. The van der Waals surface area contributed by atoms with Crippen LogP contribution in [0.1, 0.15) is 10.4 Å². The van der Waals surface area contributed by atoms with Crippen LogP contribution in [0.5, 0.6) is 0 Å². The summed E-state index contributed by atoms with van der Waals surface area (Å²) in [6.45, 7) is -0.512. The molecule has 0 bridgehead atoms. The number of urea groups is 1. The molecule has 0 aliphatic carbocycles. The van der Waals surface area contributed by atoms with E-state index in [0.29, 0.717) is 5.56 Å². The lowest BCUT2D eigenvalue weighted by Gasteiger charge is -2.05. The van der Waals surface area contributed by atoms with Gasteiger partial charge in [0.15, 0.2) is 6.61 Å². The van der Waals surface area contributed by atoms with Gasteiger partial charge in [0, 0.05) is 11.5 Å². The number of ether oxygens (including phenoxy) is 1. The molecule has 0 aromatic heterocycles. The smallest absolute Gasteiger partial charge is 0.338 e. The normalized spacial score (nSPS) is 9.44. The second-order valence-corrected chi connectivity index (χ2v) is 4.13. The maximum atomic E-state index is 11.5. The molecule has 0 spiro atoms. The molecular weight excluding hydrogens is 304 g/mol. The molecule has 0 heterocycles. The summed E-state index contributed by atoms with van der Waals surface area (Å²) in [5.74, 6) is -1.32. The van der Waals surface area contributed by atoms with Gasteiger partial charge in [0.1, 0.15) is 0 Å². The zero-order valence-electron chi connectivity index (χ0n) is 9.53. The SMILES string of the molecule is CNC(=O)NC(=O)COC(=O)c1ccc(Br)cc1. The van der Waals surface area contributed by atoms with Gasteiger partial charge in [-0.1, -0.05) is 15.9 Å². The van der Waals surface area contributed by atoms with Crippen molar-refractivity contribution in [3.05, 3.63) is 34.3 Å². The lowest BCUT2D eigenvalue weighted by atomic mass is 10.2. The van der Waals surface area contributed by atoms with E-state index in [1.807, 2.05) is 5.32 Å². The third-order valence-corrected chi connectivity index (χ3v) is 2.42. The molecule has 0 saturated heterocycles. The van der Waals surface area contributed by atoms with Gasteiger partial charge in [-0.15, -0.1) is 0 Å². The highest BCUT2D eigenvalue weighted by atomic mass is 79.9. The van der Waals surface area contributed by atoms with E-state index in [1.165, 1.54) is 7.05 Å². The first-order valence-corrected chi connectivity index (χ1v) is 5.76. The highest BCUT2D eigenvalue weighted by molar-refractivity contribution is 9.10. The zero-order chi connectivity index (χ0) is 13.5. The Morgan fingerprint density at radius 2 is 1.83 bits per heavy atom. The van der Waals surface area contributed by atoms with Crippen LogP contribution in [0.2, 0.25) is 0 Å². The number of imide groups is 1. The van der Waals surface area contributed by atoms with E-state index in [0.717, 1.165) is 4.47 Å². The second kappa shape index (κ2) is 6.75. The Kier molecular flexibility index (Phi) is 5.31. The largest absolute Gasteiger partial charge is 0.452 e. The zero-order valence-corrected chi connectivity index (χ0v) is 11.1. The first-order chi connectivity index (χ1) is 8.52. The van der Waals surface area contributed by atoms with Crippen LogP contribution < -0.4 is 10.6 Å². The van der Waals surface area contributed by atoms with Gasteiger partial charge in [0.2, 0.25) is 0 Å². The fraction of sp³-hybridized carbons (Fsp3) is 0.182. The van der Waals surface area contributed by atoms with E-state index in [4.69, 9.17) is 4.74 Å². The number of halogens is 1. The molecule has 0 unspecified atom stereocenters. The fourth-order valence-electron chi connectivity index (χ4n) is 1.03. The van der Waals surface area contributed by atoms with Crippen LogP contribution in [0.15, 0.2) is 28.7 Å². The van der Waals surface area contributed by atoms with Crippen molar-refractivity contribution in [1.29, 1.82) is 0 Å². The van der Waals surface area contributed by atoms with E-state index in [2.05, 4.69) is 21.2 Å². The topological polar surface area (TPSA) is 84.5 Å². The van der Waals surface area contributed by atoms with Crippen molar-refractivity contribution in [3.63, 3.8) is 0 Å². The average Bonchev–Trinajstić information content (AvgIpc) is 2.36. The van der Waals surface area contributed by atoms with Crippen molar-refractivity contribution < 1.29 is 19.1 Å². The molecule has 0 aliphatic heterocycles. The Bertz CT molecular complexity index is 459. The molecule has 0 atom stereocenters. The first kappa shape index (κ1) is 14.2. The molecule has 0 fully saturated rings. The highest BCUT2D eigenvalue weighted by Crippen LogP contribution is 2.11. The number of nitrogens with one attached hydrogen (secondary N) is 2. The van der Waals surface area contributed by atoms with Gasteiger partial charge in [-0.25, -0.2) is 9.59 Å². The number of esters is 1. The number of benzene rings is 1. The monoisotopic (exact) mass is 314 g/mol. The predicted molar refractivity (Wildman–Crippen MR) is 67.0 cm³/mol. The Morgan fingerprint density at radius 3 is 2.39 bits per heavy atom. The number of carbonyl (C=O) groups is 3. The van der Waals surface area contributed by atoms with E-state index in [9.17, 15) is 14.4 Å². The molecule has 0 aliphatic rings. The van der Waals surface area contributed by atoms with Gasteiger partial charge in [-0.2, -0.15) is 0 Å². The molecule has 6 nitrogen and oxygen atoms in total. The Morgan fingerprint density at radius 1 is 1.22 bits per heavy atom. The quantitative estimate of drug-likeness (QED) is 0.817. The third kappa shape index (κ3) is 4.54. The van der Waals surface area contributed by atoms with E-state index >= 15 is 0 Å². The van der Waals surface area contributed by atoms with Gasteiger partial charge in [-0.05, 0) is 24.3 Å². The van der Waals surface area contributed by atoms with Crippen LogP contribution >= 0.6 is 15.9 Å². The molecule has 3 amide bonds. The molecule has 1 aromatic rings. The minimum Gasteiger partial charge on any atom is -0.452 e. The molecule has 18 heavy (non-hydrogen) atoms. The van der Waals surface area contributed by atoms with Crippen LogP contribution in [-0.2, 0) is 9.53 Å². The molecular formula is C11H11BrN2O4. The van der Waals surface area contributed by atoms with Crippen molar-refractivity contribution >= 4 is 33.8 Å². The van der Waals surface area contributed by atoms with Gasteiger partial charge in [-0.3, -0.25) is 10.1 Å². The standard InChI is InChI=1S/C11H11BrN2O4/c1-13-11(17)14-9(15)6-18-10(16)7-2-4-8(12)5-3-7/h2-5H,6H2,1H3,(H2,13,14,15,17). The van der Waals surface area contributed by atoms with Crippen LogP contribution in [0.3, 0.4) is 0 Å². The third-order valence-electron chi connectivity index (χ3n) is 1.89. The van der Waals surface area contributed by atoms with Gasteiger partial charge in [0.05, 0.1) is 5.56 Å². The summed E-state index contributed by atoms with van der Waals surface area (Å²) in [7, 11) is 1.37. The summed E-state index contributed by atoms with van der Waals surface area (Å²) < 4.78 is 5.56. The minimum absolute atomic E-state index is 0.325. The maximum absolute atomic E-state index is 11.5. The van der Waals surface area contributed by atoms with E-state index in [-0.39, 0.29) is 0 Å². The summed E-state index contributed by atoms with van der Waals surface area (Å²) in [5.41, 5.74) is 0.325. The number of carbonyl (C=O) groups excluding carboxylic acids is 3. The second-order valence-electron chi connectivity index (χ2n) is 3.21. The van der Waals surface area contributed by atoms with Crippen LogP contribution in [-0.4, -0.2) is 31.6 Å². The Hall–Kier alpha value is -1.89. The van der Waals surface area contributed by atoms with Crippen LogP contribution in [0, 0.1) is 0 Å². The van der Waals surface area contributed by atoms with E-state index < -0.39 is 24.5 Å². The van der Waals surface area contributed by atoms with Crippen molar-refractivity contribution in [2.24, 2.45) is 0 Å². The van der Waals surface area contributed by atoms with Gasteiger partial charge in [0.25, 0.3) is 5.91 Å². The van der Waals surface area contributed by atoms with Crippen molar-refractivity contribution in [3.8, 4) is 0 Å². The number of rotatable bonds is 3. The molecule has 1 rings (SSSR count). The van der Waals surface area contributed by atoms with Crippen molar-refractivity contribution in [2.45, 2.75) is 0 Å². The van der Waals surface area contributed by atoms with Crippen molar-refractivity contribution in [2.75, 3.05) is 13.7 Å². The average molecular weight is 315 g/mol. The summed E-state index contributed by atoms with van der Waals surface area (Å²) in [4.78, 5) is 33.4. The highest BCUT2D eigenvalue weighted by Gasteiger charge is 2.11. The number of hydrogen-bond acceptors (Lipinski definition) is 4. The number of hydrogen-bond donors (Lipinski definition) is 2. The Labute approximate surface area is 112 Å². The molecule has 0 saturated carbocycles. The van der Waals surface area contributed by atoms with Crippen LogP contribution in [0.25, 0.3) is 0 Å². The predicted octanol–water partition coefficient (Wildman–Crippen LogP) is 1.06. The fourth-order valence-corrected chi connectivity index (χ4v) is 1.29. The lowest BCUT2D eigenvalue weighted by molar-refractivity contribution is -0.123. The van der Waals surface area contributed by atoms with Crippen molar-refractivity contribution in [1.82, 2.24) is 10.6 Å². The number of amides is 3. The molecule has 2 N–H and O–H groups in total. The summed E-state index contributed by atoms with van der Waals surface area (Å²) in [5, 5.41) is 4.18.